The second-order valence-corrected chi connectivity index (χ2v) is 7.46. The molecule has 2 aliphatic heterocycles. The zero-order valence-electron chi connectivity index (χ0n) is 15.9. The summed E-state index contributed by atoms with van der Waals surface area (Å²) in [5.74, 6) is 1.54. The first-order chi connectivity index (χ1) is 12.0. The molecule has 0 aliphatic carbocycles. The van der Waals surface area contributed by atoms with E-state index in [1.807, 2.05) is 11.8 Å². The van der Waals surface area contributed by atoms with Crippen molar-refractivity contribution >= 4 is 5.91 Å². The van der Waals surface area contributed by atoms with Crippen molar-refractivity contribution < 1.29 is 9.53 Å². The van der Waals surface area contributed by atoms with E-state index >= 15 is 0 Å². The molecule has 6 nitrogen and oxygen atoms in total. The molecular formula is C19H30N4O2. The molecule has 1 aromatic heterocycles. The van der Waals surface area contributed by atoms with Crippen LogP contribution in [-0.2, 0) is 4.74 Å². The Morgan fingerprint density at radius 2 is 2.04 bits per heavy atom. The predicted molar refractivity (Wildman–Crippen MR) is 96.7 cm³/mol. The first-order valence-electron chi connectivity index (χ1n) is 9.45. The number of nitrogens with zero attached hydrogens (tertiary/aromatic N) is 4. The smallest absolute Gasteiger partial charge is 0.257 e. The van der Waals surface area contributed by atoms with Crippen molar-refractivity contribution in [2.75, 3.05) is 39.4 Å². The van der Waals surface area contributed by atoms with Crippen molar-refractivity contribution in [1.82, 2.24) is 19.8 Å². The fourth-order valence-electron chi connectivity index (χ4n) is 4.01. The number of hydrogen-bond acceptors (Lipinski definition) is 5. The molecule has 3 rings (SSSR count). The zero-order valence-corrected chi connectivity index (χ0v) is 15.9. The number of morpholine rings is 1. The van der Waals surface area contributed by atoms with Crippen LogP contribution in [0.15, 0.2) is 6.20 Å². The van der Waals surface area contributed by atoms with Gasteiger partial charge in [-0.1, -0.05) is 27.2 Å². The lowest BCUT2D eigenvalue weighted by Crippen LogP contribution is -2.47. The molecule has 6 heteroatoms. The largest absolute Gasteiger partial charge is 0.379 e. The summed E-state index contributed by atoms with van der Waals surface area (Å²) in [6.07, 6.45) is 2.80. The van der Waals surface area contributed by atoms with Crippen molar-refractivity contribution in [3.05, 3.63) is 23.3 Å². The summed E-state index contributed by atoms with van der Waals surface area (Å²) in [5.41, 5.74) is 1.53. The van der Waals surface area contributed by atoms with Crippen LogP contribution in [0.2, 0.25) is 0 Å². The Kier molecular flexibility index (Phi) is 5.69. The molecule has 0 saturated carbocycles. The van der Waals surface area contributed by atoms with E-state index in [4.69, 9.17) is 4.74 Å². The van der Waals surface area contributed by atoms with Gasteiger partial charge in [-0.2, -0.15) is 0 Å². The van der Waals surface area contributed by atoms with Crippen molar-refractivity contribution in [2.24, 2.45) is 5.92 Å². The monoisotopic (exact) mass is 346 g/mol. The number of hydrogen-bond donors (Lipinski definition) is 0. The lowest BCUT2D eigenvalue weighted by Gasteiger charge is -2.34. The van der Waals surface area contributed by atoms with Crippen LogP contribution >= 0.6 is 0 Å². The summed E-state index contributed by atoms with van der Waals surface area (Å²) in [6.45, 7) is 13.4. The highest BCUT2D eigenvalue weighted by Gasteiger charge is 2.39. The Labute approximate surface area is 150 Å². The van der Waals surface area contributed by atoms with E-state index in [-0.39, 0.29) is 11.8 Å². The molecule has 0 radical (unpaired) electrons. The summed E-state index contributed by atoms with van der Waals surface area (Å²) in [4.78, 5) is 26.5. The third-order valence-corrected chi connectivity index (χ3v) is 5.45. The maximum Gasteiger partial charge on any atom is 0.257 e. The molecule has 0 N–H and O–H groups in total. The third-order valence-electron chi connectivity index (χ3n) is 5.45. The lowest BCUT2D eigenvalue weighted by atomic mass is 9.99. The molecule has 0 bridgehead atoms. The highest BCUT2D eigenvalue weighted by Crippen LogP contribution is 2.28. The summed E-state index contributed by atoms with van der Waals surface area (Å²) in [5, 5.41) is 0. The number of rotatable bonds is 4. The number of carbonyl (C=O) groups is 1. The standard InChI is InChI=1S/C19H30N4O2/c1-5-15-11-23(12-17(15)22-6-8-25-9-7-22)19(24)16-10-20-14(4)21-18(16)13(2)3/h10,13,15,17H,5-9,11-12H2,1-4H3/t15-,17-/m1/s1. The Morgan fingerprint density at radius 1 is 1.32 bits per heavy atom. The fourth-order valence-corrected chi connectivity index (χ4v) is 4.01. The van der Waals surface area contributed by atoms with E-state index in [9.17, 15) is 4.79 Å². The molecule has 2 atom stereocenters. The molecule has 1 aromatic rings. The molecule has 0 aromatic carbocycles. The zero-order chi connectivity index (χ0) is 18.0. The summed E-state index contributed by atoms with van der Waals surface area (Å²) >= 11 is 0. The van der Waals surface area contributed by atoms with Gasteiger partial charge in [0.25, 0.3) is 5.91 Å². The highest BCUT2D eigenvalue weighted by atomic mass is 16.5. The van der Waals surface area contributed by atoms with Crippen LogP contribution in [0.25, 0.3) is 0 Å². The van der Waals surface area contributed by atoms with E-state index in [0.29, 0.717) is 17.5 Å². The number of likely N-dealkylation sites (tertiary alicyclic amines) is 1. The molecule has 1 amide bonds. The maximum absolute atomic E-state index is 13.2. The first kappa shape index (κ1) is 18.3. The van der Waals surface area contributed by atoms with Crippen LogP contribution in [0.5, 0.6) is 0 Å². The molecule has 138 valence electrons. The number of ether oxygens (including phenoxy) is 1. The van der Waals surface area contributed by atoms with Crippen LogP contribution in [0.1, 0.15) is 55.0 Å². The van der Waals surface area contributed by atoms with E-state index in [1.54, 1.807) is 6.20 Å². The molecule has 0 unspecified atom stereocenters. The molecule has 25 heavy (non-hydrogen) atoms. The normalized spacial score (nSPS) is 24.9. The van der Waals surface area contributed by atoms with Crippen molar-refractivity contribution in [3.63, 3.8) is 0 Å². The van der Waals surface area contributed by atoms with Crippen molar-refractivity contribution in [1.29, 1.82) is 0 Å². The Morgan fingerprint density at radius 3 is 2.68 bits per heavy atom. The van der Waals surface area contributed by atoms with Gasteiger partial charge in [0.1, 0.15) is 5.82 Å². The fraction of sp³-hybridized carbons (Fsp3) is 0.737. The summed E-state index contributed by atoms with van der Waals surface area (Å²) in [7, 11) is 0. The molecule has 3 heterocycles. The molecule has 2 aliphatic rings. The average molecular weight is 346 g/mol. The van der Waals surface area contributed by atoms with Gasteiger partial charge in [0.05, 0.1) is 24.5 Å². The average Bonchev–Trinajstić information content (AvgIpc) is 3.06. The quantitative estimate of drug-likeness (QED) is 0.835. The third kappa shape index (κ3) is 3.85. The molecule has 2 saturated heterocycles. The minimum absolute atomic E-state index is 0.0814. The number of aryl methyl sites for hydroxylation is 1. The summed E-state index contributed by atoms with van der Waals surface area (Å²) in [6, 6.07) is 0.437. The topological polar surface area (TPSA) is 58.6 Å². The van der Waals surface area contributed by atoms with Crippen LogP contribution in [0.4, 0.5) is 0 Å². The van der Waals surface area contributed by atoms with Gasteiger partial charge in [0.2, 0.25) is 0 Å². The first-order valence-corrected chi connectivity index (χ1v) is 9.45. The van der Waals surface area contributed by atoms with Crippen molar-refractivity contribution in [3.8, 4) is 0 Å². The minimum atomic E-state index is 0.0814. The van der Waals surface area contributed by atoms with Gasteiger partial charge in [-0.05, 0) is 18.8 Å². The SMILES string of the molecule is CC[C@@H]1CN(C(=O)c2cnc(C)nc2C(C)C)C[C@H]1N1CCOCC1. The lowest BCUT2D eigenvalue weighted by molar-refractivity contribution is 0.0103. The number of aromatic nitrogens is 2. The number of amides is 1. The van der Waals surface area contributed by atoms with Gasteiger partial charge in [0.15, 0.2) is 0 Å². The van der Waals surface area contributed by atoms with Crippen LogP contribution in [-0.4, -0.2) is 71.1 Å². The van der Waals surface area contributed by atoms with Gasteiger partial charge in [0, 0.05) is 38.4 Å². The van der Waals surface area contributed by atoms with Gasteiger partial charge < -0.3 is 9.64 Å². The highest BCUT2D eigenvalue weighted by molar-refractivity contribution is 5.95. The summed E-state index contributed by atoms with van der Waals surface area (Å²) < 4.78 is 5.49. The second kappa shape index (κ2) is 7.79. The van der Waals surface area contributed by atoms with Gasteiger partial charge in [-0.3, -0.25) is 9.69 Å². The minimum Gasteiger partial charge on any atom is -0.379 e. The van der Waals surface area contributed by atoms with Crippen LogP contribution < -0.4 is 0 Å². The Hall–Kier alpha value is -1.53. The van der Waals surface area contributed by atoms with E-state index in [1.165, 1.54) is 0 Å². The number of carbonyl (C=O) groups excluding carboxylic acids is 1. The van der Waals surface area contributed by atoms with Crippen molar-refractivity contribution in [2.45, 2.75) is 46.1 Å². The maximum atomic E-state index is 13.2. The van der Waals surface area contributed by atoms with Gasteiger partial charge in [-0.15, -0.1) is 0 Å². The van der Waals surface area contributed by atoms with Crippen LogP contribution in [0, 0.1) is 12.8 Å². The van der Waals surface area contributed by atoms with Gasteiger partial charge >= 0.3 is 0 Å². The predicted octanol–water partition coefficient (Wildman–Crippen LogP) is 2.09. The molecule has 2 fully saturated rings. The van der Waals surface area contributed by atoms with Crippen LogP contribution in [0.3, 0.4) is 0 Å². The van der Waals surface area contributed by atoms with E-state index in [0.717, 1.165) is 57.3 Å². The molecule has 0 spiro atoms. The van der Waals surface area contributed by atoms with E-state index in [2.05, 4.69) is 35.6 Å². The molecular weight excluding hydrogens is 316 g/mol. The van der Waals surface area contributed by atoms with E-state index < -0.39 is 0 Å². The van der Waals surface area contributed by atoms with Gasteiger partial charge in [-0.25, -0.2) is 9.97 Å². The Balaban J connectivity index is 1.79. The second-order valence-electron chi connectivity index (χ2n) is 7.46. The Bertz CT molecular complexity index is 613.